The first kappa shape index (κ1) is 16.5. The maximum Gasteiger partial charge on any atom is 0.328 e. The number of para-hydroxylation sites is 1. The van der Waals surface area contributed by atoms with Crippen molar-refractivity contribution in [1.82, 2.24) is 9.88 Å². The summed E-state index contributed by atoms with van der Waals surface area (Å²) in [4.78, 5) is 28.8. The molecule has 1 fully saturated rings. The number of hydrogen-bond donors (Lipinski definition) is 2. The first-order valence-electron chi connectivity index (χ1n) is 8.20. The number of β-amino-alcohol motifs (C(OH)–C–C–N with tert-alkyl or cyclic N) is 1. The average molecular weight is 330 g/mol. The third kappa shape index (κ3) is 3.28. The predicted octanol–water partition coefficient (Wildman–Crippen LogP) is 1.63. The number of likely N-dealkylation sites (tertiary alicyclic amines) is 1. The summed E-state index contributed by atoms with van der Waals surface area (Å²) in [5.74, 6) is -0.571. The number of aryl methyl sites for hydroxylation is 1. The maximum absolute atomic E-state index is 12.4. The van der Waals surface area contributed by atoms with Gasteiger partial charge in [-0.2, -0.15) is 0 Å². The molecule has 1 aromatic carbocycles. The number of methoxy groups -OCH3 is 1. The van der Waals surface area contributed by atoms with Crippen molar-refractivity contribution in [3.63, 3.8) is 0 Å². The monoisotopic (exact) mass is 330 g/mol. The number of amides is 1. The fourth-order valence-corrected chi connectivity index (χ4v) is 3.36. The molecule has 2 atom stereocenters. The fourth-order valence-electron chi connectivity index (χ4n) is 3.36. The number of fused-ring (bicyclic) bond motifs is 1. The number of nitrogens with zero attached hydrogens (tertiary/aromatic N) is 1. The molecule has 0 unspecified atom stereocenters. The van der Waals surface area contributed by atoms with Crippen molar-refractivity contribution >= 4 is 22.8 Å². The van der Waals surface area contributed by atoms with Crippen LogP contribution >= 0.6 is 0 Å². The average Bonchev–Trinajstić information content (AvgIpc) is 3.18. The van der Waals surface area contributed by atoms with Crippen molar-refractivity contribution in [3.05, 3.63) is 36.0 Å². The Kier molecular flexibility index (Phi) is 4.85. The van der Waals surface area contributed by atoms with Gasteiger partial charge in [0.25, 0.3) is 0 Å². The van der Waals surface area contributed by atoms with Gasteiger partial charge < -0.3 is 19.7 Å². The van der Waals surface area contributed by atoms with E-state index < -0.39 is 18.1 Å². The van der Waals surface area contributed by atoms with Crippen LogP contribution in [0.3, 0.4) is 0 Å². The Balaban J connectivity index is 1.58. The Morgan fingerprint density at radius 2 is 2.17 bits per heavy atom. The highest BCUT2D eigenvalue weighted by Crippen LogP contribution is 2.22. The Hall–Kier alpha value is -2.34. The van der Waals surface area contributed by atoms with Crippen molar-refractivity contribution in [3.8, 4) is 0 Å². The number of esters is 1. The minimum atomic E-state index is -0.661. The molecule has 6 heteroatoms. The van der Waals surface area contributed by atoms with Crippen molar-refractivity contribution in [2.24, 2.45) is 0 Å². The number of carbonyl (C=O) groups excluding carboxylic acids is 2. The van der Waals surface area contributed by atoms with Crippen LogP contribution in [0.2, 0.25) is 0 Å². The van der Waals surface area contributed by atoms with E-state index in [2.05, 4.69) is 11.1 Å². The molecule has 0 radical (unpaired) electrons. The van der Waals surface area contributed by atoms with Gasteiger partial charge in [0, 0.05) is 36.5 Å². The Labute approximate surface area is 140 Å². The number of benzene rings is 1. The van der Waals surface area contributed by atoms with E-state index in [1.807, 2.05) is 24.4 Å². The lowest BCUT2D eigenvalue weighted by atomic mass is 10.1. The molecule has 0 spiro atoms. The van der Waals surface area contributed by atoms with Gasteiger partial charge >= 0.3 is 5.97 Å². The van der Waals surface area contributed by atoms with Crippen molar-refractivity contribution < 1.29 is 19.4 Å². The van der Waals surface area contributed by atoms with Crippen LogP contribution in [-0.4, -0.2) is 52.7 Å². The molecule has 3 rings (SSSR count). The highest BCUT2D eigenvalue weighted by Gasteiger charge is 2.39. The van der Waals surface area contributed by atoms with Crippen LogP contribution < -0.4 is 0 Å². The number of carbonyl (C=O) groups is 2. The molecule has 1 saturated heterocycles. The van der Waals surface area contributed by atoms with Gasteiger partial charge in [0.2, 0.25) is 5.91 Å². The lowest BCUT2D eigenvalue weighted by Gasteiger charge is -2.22. The summed E-state index contributed by atoms with van der Waals surface area (Å²) in [6.07, 6.45) is 3.40. The largest absolute Gasteiger partial charge is 0.467 e. The van der Waals surface area contributed by atoms with Crippen LogP contribution in [0.1, 0.15) is 24.8 Å². The zero-order valence-electron chi connectivity index (χ0n) is 13.7. The number of aliphatic hydroxyl groups is 1. The van der Waals surface area contributed by atoms with Gasteiger partial charge in [0.1, 0.15) is 6.04 Å². The molecular formula is C18H22N2O4. The molecule has 1 amide bonds. The Morgan fingerprint density at radius 1 is 1.38 bits per heavy atom. The number of aliphatic hydroxyl groups excluding tert-OH is 1. The second-order valence-electron chi connectivity index (χ2n) is 6.19. The van der Waals surface area contributed by atoms with Gasteiger partial charge in [-0.1, -0.05) is 18.2 Å². The summed E-state index contributed by atoms with van der Waals surface area (Å²) in [6, 6.07) is 7.41. The molecular weight excluding hydrogens is 308 g/mol. The molecule has 2 heterocycles. The molecule has 1 aliphatic rings. The van der Waals surface area contributed by atoms with E-state index >= 15 is 0 Å². The number of ether oxygens (including phenoxy) is 1. The van der Waals surface area contributed by atoms with Gasteiger partial charge in [-0.05, 0) is 24.5 Å². The molecule has 0 aliphatic carbocycles. The first-order valence-corrected chi connectivity index (χ1v) is 8.20. The van der Waals surface area contributed by atoms with E-state index in [1.54, 1.807) is 0 Å². The van der Waals surface area contributed by atoms with E-state index in [1.165, 1.54) is 23.0 Å². The second-order valence-corrected chi connectivity index (χ2v) is 6.19. The van der Waals surface area contributed by atoms with E-state index in [-0.39, 0.29) is 18.9 Å². The molecule has 128 valence electrons. The van der Waals surface area contributed by atoms with Gasteiger partial charge in [-0.25, -0.2) is 4.79 Å². The highest BCUT2D eigenvalue weighted by molar-refractivity contribution is 5.85. The van der Waals surface area contributed by atoms with Gasteiger partial charge in [0.05, 0.1) is 13.2 Å². The third-order valence-electron chi connectivity index (χ3n) is 4.58. The number of nitrogens with one attached hydrogen (secondary N) is 1. The van der Waals surface area contributed by atoms with E-state index in [0.29, 0.717) is 12.8 Å². The predicted molar refractivity (Wildman–Crippen MR) is 89.4 cm³/mol. The lowest BCUT2D eigenvalue weighted by Crippen LogP contribution is -2.41. The maximum atomic E-state index is 12.4. The Morgan fingerprint density at radius 3 is 2.96 bits per heavy atom. The van der Waals surface area contributed by atoms with Crippen LogP contribution in [0.25, 0.3) is 10.9 Å². The fraction of sp³-hybridized carbons (Fsp3) is 0.444. The number of hydrogen-bond acceptors (Lipinski definition) is 4. The lowest BCUT2D eigenvalue weighted by molar-refractivity contribution is -0.151. The smallest absolute Gasteiger partial charge is 0.328 e. The first-order chi connectivity index (χ1) is 11.6. The van der Waals surface area contributed by atoms with Crippen LogP contribution in [0, 0.1) is 0 Å². The van der Waals surface area contributed by atoms with E-state index in [0.717, 1.165) is 11.9 Å². The molecule has 1 aromatic heterocycles. The Bertz CT molecular complexity index is 739. The van der Waals surface area contributed by atoms with Crippen LogP contribution in [0.5, 0.6) is 0 Å². The number of aromatic nitrogens is 1. The van der Waals surface area contributed by atoms with Crippen molar-refractivity contribution in [2.45, 2.75) is 37.8 Å². The molecule has 1 aliphatic heterocycles. The zero-order valence-corrected chi connectivity index (χ0v) is 13.7. The van der Waals surface area contributed by atoms with Gasteiger partial charge in [0.15, 0.2) is 0 Å². The van der Waals surface area contributed by atoms with Crippen LogP contribution in [-0.2, 0) is 20.7 Å². The summed E-state index contributed by atoms with van der Waals surface area (Å²) in [5.41, 5.74) is 2.27. The van der Waals surface area contributed by atoms with Gasteiger partial charge in [-0.3, -0.25) is 4.79 Å². The summed E-state index contributed by atoms with van der Waals surface area (Å²) >= 11 is 0. The second kappa shape index (κ2) is 7.05. The molecule has 6 nitrogen and oxygen atoms in total. The third-order valence-corrected chi connectivity index (χ3v) is 4.58. The van der Waals surface area contributed by atoms with Crippen molar-refractivity contribution in [1.29, 1.82) is 0 Å². The van der Waals surface area contributed by atoms with Crippen molar-refractivity contribution in [2.75, 3.05) is 13.7 Å². The van der Waals surface area contributed by atoms with E-state index in [9.17, 15) is 14.7 Å². The zero-order chi connectivity index (χ0) is 17.1. The number of H-pyrrole nitrogens is 1. The molecule has 24 heavy (non-hydrogen) atoms. The molecule has 0 bridgehead atoms. The van der Waals surface area contributed by atoms with Crippen LogP contribution in [0.15, 0.2) is 30.5 Å². The van der Waals surface area contributed by atoms with E-state index in [4.69, 9.17) is 4.74 Å². The minimum Gasteiger partial charge on any atom is -0.467 e. The summed E-state index contributed by atoms with van der Waals surface area (Å²) < 4.78 is 4.73. The normalized spacial score (nSPS) is 20.5. The summed E-state index contributed by atoms with van der Waals surface area (Å²) in [6.45, 7) is 0.200. The summed E-state index contributed by atoms with van der Waals surface area (Å²) in [7, 11) is 1.30. The number of aromatic amines is 1. The molecule has 0 saturated carbocycles. The minimum absolute atomic E-state index is 0.109. The number of rotatable bonds is 5. The quantitative estimate of drug-likeness (QED) is 0.816. The standard InChI is InChI=1S/C18H22N2O4/c1-24-18(23)16-9-13(21)11-20(16)17(22)8-4-5-12-10-19-15-7-3-2-6-14(12)15/h2-3,6-7,10,13,16,19,21H,4-5,8-9,11H2,1H3/t13-,16+/m1/s1. The summed E-state index contributed by atoms with van der Waals surface area (Å²) in [5, 5.41) is 10.9. The highest BCUT2D eigenvalue weighted by atomic mass is 16.5. The van der Waals surface area contributed by atoms with Crippen LogP contribution in [0.4, 0.5) is 0 Å². The molecule has 2 aromatic rings. The SMILES string of the molecule is COC(=O)[C@@H]1C[C@@H](O)CN1C(=O)CCCc1c[nH]c2ccccc12. The topological polar surface area (TPSA) is 82.6 Å². The van der Waals surface area contributed by atoms with Gasteiger partial charge in [-0.15, -0.1) is 0 Å². The molecule has 2 N–H and O–H groups in total.